The number of hydrogen-bond acceptors (Lipinski definition) is 2. The molecule has 0 radical (unpaired) electrons. The molecule has 0 N–H and O–H groups in total. The Morgan fingerprint density at radius 3 is 2.15 bits per heavy atom. The van der Waals surface area contributed by atoms with Gasteiger partial charge in [-0.15, -0.1) is 0 Å². The van der Waals surface area contributed by atoms with E-state index < -0.39 is 11.7 Å². The van der Waals surface area contributed by atoms with Gasteiger partial charge < -0.3 is 0 Å². The van der Waals surface area contributed by atoms with Gasteiger partial charge in [-0.2, -0.15) is 18.4 Å². The maximum absolute atomic E-state index is 12.6. The van der Waals surface area contributed by atoms with Gasteiger partial charge in [-0.3, -0.25) is 4.98 Å². The Morgan fingerprint density at radius 1 is 0.923 bits per heavy atom. The molecule has 0 saturated heterocycles. The first-order valence-electron chi connectivity index (χ1n) is 7.78. The average Bonchev–Trinajstić information content (AvgIpc) is 2.67. The molecular formula is C21H13F3N2. The van der Waals surface area contributed by atoms with Crippen LogP contribution < -0.4 is 0 Å². The summed E-state index contributed by atoms with van der Waals surface area (Å²) in [5.41, 5.74) is 2.56. The summed E-state index contributed by atoms with van der Waals surface area (Å²) in [4.78, 5) is 3.88. The van der Waals surface area contributed by atoms with Gasteiger partial charge in [0.25, 0.3) is 0 Å². The second-order valence-corrected chi connectivity index (χ2v) is 5.59. The molecule has 0 saturated carbocycles. The molecule has 1 aromatic heterocycles. The molecule has 0 aliphatic rings. The van der Waals surface area contributed by atoms with Gasteiger partial charge in [0.05, 0.1) is 22.9 Å². The van der Waals surface area contributed by atoms with Crippen LogP contribution in [-0.2, 0) is 6.18 Å². The Labute approximate surface area is 148 Å². The van der Waals surface area contributed by atoms with E-state index >= 15 is 0 Å². The zero-order valence-corrected chi connectivity index (χ0v) is 13.5. The van der Waals surface area contributed by atoms with Crippen LogP contribution in [0.25, 0.3) is 22.9 Å². The highest BCUT2D eigenvalue weighted by Crippen LogP contribution is 2.30. The minimum absolute atomic E-state index is 0.456. The monoisotopic (exact) mass is 350 g/mol. The van der Waals surface area contributed by atoms with Gasteiger partial charge in [-0.1, -0.05) is 54.6 Å². The van der Waals surface area contributed by atoms with Gasteiger partial charge in [0.15, 0.2) is 0 Å². The van der Waals surface area contributed by atoms with Crippen LogP contribution in [0, 0.1) is 11.3 Å². The van der Waals surface area contributed by atoms with Crippen molar-refractivity contribution in [3.8, 4) is 17.3 Å². The second-order valence-electron chi connectivity index (χ2n) is 5.59. The lowest BCUT2D eigenvalue weighted by Crippen LogP contribution is -2.05. The molecule has 0 fully saturated rings. The number of hydrogen-bond donors (Lipinski definition) is 0. The third kappa shape index (κ3) is 3.98. The van der Waals surface area contributed by atoms with E-state index in [4.69, 9.17) is 0 Å². The molecule has 128 valence electrons. The van der Waals surface area contributed by atoms with Crippen LogP contribution in [0.15, 0.2) is 72.9 Å². The van der Waals surface area contributed by atoms with Crippen molar-refractivity contribution in [1.82, 2.24) is 4.98 Å². The molecule has 2 aromatic carbocycles. The topological polar surface area (TPSA) is 36.7 Å². The molecule has 0 amide bonds. The van der Waals surface area contributed by atoms with Gasteiger partial charge in [0.1, 0.15) is 0 Å². The van der Waals surface area contributed by atoms with E-state index in [9.17, 15) is 18.4 Å². The van der Waals surface area contributed by atoms with E-state index in [0.717, 1.165) is 23.4 Å². The standard InChI is InChI=1S/C21H13F3N2/c22-21(23,24)19-10-11-20(26-14-19)17-8-6-15(7-9-17)12-18(13-25)16-4-2-1-3-5-16/h1-12,14H. The third-order valence-corrected chi connectivity index (χ3v) is 3.81. The first-order valence-corrected chi connectivity index (χ1v) is 7.78. The van der Waals surface area contributed by atoms with E-state index in [1.54, 1.807) is 30.3 Å². The molecule has 0 bridgehead atoms. The Morgan fingerprint density at radius 2 is 1.62 bits per heavy atom. The lowest BCUT2D eigenvalue weighted by atomic mass is 10.0. The fourth-order valence-electron chi connectivity index (χ4n) is 2.45. The van der Waals surface area contributed by atoms with E-state index in [1.807, 2.05) is 30.3 Å². The van der Waals surface area contributed by atoms with Crippen LogP contribution in [0.1, 0.15) is 16.7 Å². The van der Waals surface area contributed by atoms with Gasteiger partial charge >= 0.3 is 6.18 Å². The van der Waals surface area contributed by atoms with Crippen LogP contribution in [0.3, 0.4) is 0 Å². The largest absolute Gasteiger partial charge is 0.417 e. The molecule has 0 aliphatic carbocycles. The van der Waals surface area contributed by atoms with E-state index in [0.29, 0.717) is 16.8 Å². The Balaban J connectivity index is 1.85. The van der Waals surface area contributed by atoms with Crippen LogP contribution in [0.2, 0.25) is 0 Å². The number of benzene rings is 2. The zero-order valence-electron chi connectivity index (χ0n) is 13.5. The van der Waals surface area contributed by atoms with Crippen LogP contribution in [0.5, 0.6) is 0 Å². The van der Waals surface area contributed by atoms with Crippen molar-refractivity contribution in [2.45, 2.75) is 6.18 Å². The molecule has 26 heavy (non-hydrogen) atoms. The number of rotatable bonds is 3. The highest BCUT2D eigenvalue weighted by molar-refractivity contribution is 5.89. The van der Waals surface area contributed by atoms with Crippen LogP contribution in [0.4, 0.5) is 13.2 Å². The molecule has 0 aliphatic heterocycles. The number of aromatic nitrogens is 1. The second kappa shape index (κ2) is 7.24. The quantitative estimate of drug-likeness (QED) is 0.440. The first-order chi connectivity index (χ1) is 12.5. The van der Waals surface area contributed by atoms with Crippen molar-refractivity contribution in [2.75, 3.05) is 0 Å². The SMILES string of the molecule is N#CC(=Cc1ccc(-c2ccc(C(F)(F)F)cn2)cc1)c1ccccc1. The fraction of sp³-hybridized carbons (Fsp3) is 0.0476. The number of halogens is 3. The third-order valence-electron chi connectivity index (χ3n) is 3.81. The minimum Gasteiger partial charge on any atom is -0.256 e. The molecule has 0 unspecified atom stereocenters. The van der Waals surface area contributed by atoms with Crippen molar-refractivity contribution < 1.29 is 13.2 Å². The summed E-state index contributed by atoms with van der Waals surface area (Å²) in [5.74, 6) is 0. The van der Waals surface area contributed by atoms with Crippen molar-refractivity contribution in [1.29, 1.82) is 5.26 Å². The minimum atomic E-state index is -4.40. The van der Waals surface area contributed by atoms with Gasteiger partial charge in [-0.25, -0.2) is 0 Å². The highest BCUT2D eigenvalue weighted by Gasteiger charge is 2.30. The number of allylic oxidation sites excluding steroid dienone is 1. The lowest BCUT2D eigenvalue weighted by molar-refractivity contribution is -0.137. The first kappa shape index (κ1) is 17.4. The zero-order chi connectivity index (χ0) is 18.6. The molecule has 2 nitrogen and oxygen atoms in total. The maximum Gasteiger partial charge on any atom is 0.417 e. The normalized spacial score (nSPS) is 11.8. The summed E-state index contributed by atoms with van der Waals surface area (Å²) in [7, 11) is 0. The average molecular weight is 350 g/mol. The molecule has 1 heterocycles. The Hall–Kier alpha value is -3.39. The van der Waals surface area contributed by atoms with Crippen molar-refractivity contribution in [3.63, 3.8) is 0 Å². The predicted octanol–water partition coefficient (Wildman–Crippen LogP) is 5.83. The summed E-state index contributed by atoms with van der Waals surface area (Å²) < 4.78 is 37.8. The summed E-state index contributed by atoms with van der Waals surface area (Å²) in [6.07, 6.45) is -1.81. The molecule has 3 rings (SSSR count). The Kier molecular flexibility index (Phi) is 4.85. The summed E-state index contributed by atoms with van der Waals surface area (Å²) >= 11 is 0. The number of nitriles is 1. The lowest BCUT2D eigenvalue weighted by Gasteiger charge is -2.07. The molecule has 0 atom stereocenters. The summed E-state index contributed by atoms with van der Waals surface area (Å²) in [5, 5.41) is 9.34. The number of alkyl halides is 3. The van der Waals surface area contributed by atoms with Crippen molar-refractivity contribution in [2.24, 2.45) is 0 Å². The Bertz CT molecular complexity index is 949. The summed E-state index contributed by atoms with van der Waals surface area (Å²) in [6, 6.07) is 21.0. The number of pyridine rings is 1. The van der Waals surface area contributed by atoms with E-state index in [2.05, 4.69) is 11.1 Å². The highest BCUT2D eigenvalue weighted by atomic mass is 19.4. The number of nitrogens with zero attached hydrogens (tertiary/aromatic N) is 2. The molecule has 0 spiro atoms. The molecule has 5 heteroatoms. The van der Waals surface area contributed by atoms with Crippen molar-refractivity contribution >= 4 is 11.6 Å². The predicted molar refractivity (Wildman–Crippen MR) is 94.6 cm³/mol. The van der Waals surface area contributed by atoms with Gasteiger partial charge in [0.2, 0.25) is 0 Å². The van der Waals surface area contributed by atoms with Crippen molar-refractivity contribution in [3.05, 3.63) is 89.6 Å². The van der Waals surface area contributed by atoms with E-state index in [-0.39, 0.29) is 0 Å². The van der Waals surface area contributed by atoms with Gasteiger partial charge in [-0.05, 0) is 29.3 Å². The summed E-state index contributed by atoms with van der Waals surface area (Å²) in [6.45, 7) is 0. The van der Waals surface area contributed by atoms with Crippen LogP contribution >= 0.6 is 0 Å². The van der Waals surface area contributed by atoms with E-state index in [1.165, 1.54) is 6.07 Å². The smallest absolute Gasteiger partial charge is 0.256 e. The fourth-order valence-corrected chi connectivity index (χ4v) is 2.45. The van der Waals surface area contributed by atoms with Gasteiger partial charge in [0, 0.05) is 11.8 Å². The molecular weight excluding hydrogens is 337 g/mol. The molecule has 3 aromatic rings. The van der Waals surface area contributed by atoms with Crippen LogP contribution in [-0.4, -0.2) is 4.98 Å². The maximum atomic E-state index is 12.6.